The van der Waals surface area contributed by atoms with E-state index in [1.165, 1.54) is 19.3 Å². The fraction of sp³-hybridized carbons (Fsp3) is 1.00. The summed E-state index contributed by atoms with van der Waals surface area (Å²) in [4.78, 5) is 2.35. The highest BCUT2D eigenvalue weighted by Gasteiger charge is 2.13. The Morgan fingerprint density at radius 1 is 1.18 bits per heavy atom. The summed E-state index contributed by atoms with van der Waals surface area (Å²) < 4.78 is 0. The lowest BCUT2D eigenvalue weighted by Crippen LogP contribution is -2.32. The normalized spacial score (nSPS) is 14.5. The highest BCUT2D eigenvalue weighted by molar-refractivity contribution is 4.69. The van der Waals surface area contributed by atoms with Crippen molar-refractivity contribution >= 4 is 0 Å². The predicted molar refractivity (Wildman–Crippen MR) is 51.8 cm³/mol. The van der Waals surface area contributed by atoms with Crippen LogP contribution in [0, 0.1) is 5.92 Å². The summed E-state index contributed by atoms with van der Waals surface area (Å²) in [7, 11) is 4.36. The fourth-order valence-corrected chi connectivity index (χ4v) is 1.60. The lowest BCUT2D eigenvalue weighted by atomic mass is 9.98. The molecule has 1 nitrogen and oxygen atoms in total. The Kier molecular flexibility index (Phi) is 5.57. The van der Waals surface area contributed by atoms with E-state index in [9.17, 15) is 0 Å². The van der Waals surface area contributed by atoms with Gasteiger partial charge in [-0.2, -0.15) is 0 Å². The van der Waals surface area contributed by atoms with Gasteiger partial charge in [0.2, 0.25) is 0 Å². The molecule has 0 bridgehead atoms. The lowest BCUT2D eigenvalue weighted by molar-refractivity contribution is 0.214. The molecule has 1 heteroatoms. The van der Waals surface area contributed by atoms with Crippen LogP contribution in [0.2, 0.25) is 0 Å². The van der Waals surface area contributed by atoms with E-state index in [-0.39, 0.29) is 0 Å². The standard InChI is InChI=1S/C10H23N/c1-6-7-8-10(9(2)3)11(4)5/h9-10H,6-8H2,1-5H3. The summed E-state index contributed by atoms with van der Waals surface area (Å²) in [5.74, 6) is 0.788. The molecule has 0 heterocycles. The van der Waals surface area contributed by atoms with Crippen molar-refractivity contribution in [3.63, 3.8) is 0 Å². The largest absolute Gasteiger partial charge is 0.306 e. The van der Waals surface area contributed by atoms with Crippen LogP contribution >= 0.6 is 0 Å². The Hall–Kier alpha value is -0.0400. The zero-order valence-corrected chi connectivity index (χ0v) is 8.72. The smallest absolute Gasteiger partial charge is 0.0112 e. The Morgan fingerprint density at radius 3 is 2.00 bits per heavy atom. The van der Waals surface area contributed by atoms with Gasteiger partial charge in [0.05, 0.1) is 0 Å². The zero-order chi connectivity index (χ0) is 8.85. The Morgan fingerprint density at radius 2 is 1.73 bits per heavy atom. The molecule has 1 unspecified atom stereocenters. The second kappa shape index (κ2) is 5.59. The number of hydrogen-bond donors (Lipinski definition) is 0. The molecule has 68 valence electrons. The lowest BCUT2D eigenvalue weighted by Gasteiger charge is -2.27. The summed E-state index contributed by atoms with van der Waals surface area (Å²) >= 11 is 0. The molecular weight excluding hydrogens is 134 g/mol. The molecule has 1 atom stereocenters. The van der Waals surface area contributed by atoms with Gasteiger partial charge in [-0.25, -0.2) is 0 Å². The quantitative estimate of drug-likeness (QED) is 0.593. The van der Waals surface area contributed by atoms with Crippen LogP contribution in [-0.4, -0.2) is 25.0 Å². The van der Waals surface area contributed by atoms with Gasteiger partial charge in [0.15, 0.2) is 0 Å². The molecule has 0 aliphatic carbocycles. The van der Waals surface area contributed by atoms with Crippen LogP contribution in [0.4, 0.5) is 0 Å². The molecule has 0 radical (unpaired) electrons. The van der Waals surface area contributed by atoms with E-state index in [2.05, 4.69) is 39.8 Å². The van der Waals surface area contributed by atoms with E-state index in [0.29, 0.717) is 0 Å². The van der Waals surface area contributed by atoms with Crippen molar-refractivity contribution in [2.75, 3.05) is 14.1 Å². The summed E-state index contributed by atoms with van der Waals surface area (Å²) in [6.45, 7) is 6.87. The summed E-state index contributed by atoms with van der Waals surface area (Å²) in [6.07, 6.45) is 4.03. The first kappa shape index (κ1) is 11.0. The van der Waals surface area contributed by atoms with Crippen molar-refractivity contribution in [1.82, 2.24) is 4.90 Å². The molecule has 0 aromatic carbocycles. The third kappa shape index (κ3) is 4.41. The van der Waals surface area contributed by atoms with Crippen LogP contribution in [-0.2, 0) is 0 Å². The van der Waals surface area contributed by atoms with Crippen molar-refractivity contribution in [2.24, 2.45) is 5.92 Å². The molecule has 0 saturated carbocycles. The van der Waals surface area contributed by atoms with Crippen LogP contribution < -0.4 is 0 Å². The average molecular weight is 157 g/mol. The van der Waals surface area contributed by atoms with Gasteiger partial charge in [0, 0.05) is 6.04 Å². The minimum Gasteiger partial charge on any atom is -0.306 e. The van der Waals surface area contributed by atoms with E-state index in [1.54, 1.807) is 0 Å². The predicted octanol–water partition coefficient (Wildman–Crippen LogP) is 2.76. The van der Waals surface area contributed by atoms with Crippen molar-refractivity contribution in [2.45, 2.75) is 46.1 Å². The van der Waals surface area contributed by atoms with Crippen molar-refractivity contribution in [3.05, 3.63) is 0 Å². The van der Waals surface area contributed by atoms with Crippen LogP contribution in [0.1, 0.15) is 40.0 Å². The first-order valence-corrected chi connectivity index (χ1v) is 4.76. The Balaban J connectivity index is 3.70. The van der Waals surface area contributed by atoms with Gasteiger partial charge in [0.25, 0.3) is 0 Å². The van der Waals surface area contributed by atoms with Gasteiger partial charge in [-0.1, -0.05) is 33.6 Å². The van der Waals surface area contributed by atoms with Gasteiger partial charge in [-0.15, -0.1) is 0 Å². The average Bonchev–Trinajstić information content (AvgIpc) is 1.87. The monoisotopic (exact) mass is 157 g/mol. The number of hydrogen-bond acceptors (Lipinski definition) is 1. The van der Waals surface area contributed by atoms with Gasteiger partial charge in [-0.3, -0.25) is 0 Å². The molecule has 0 amide bonds. The number of nitrogens with zero attached hydrogens (tertiary/aromatic N) is 1. The Labute approximate surface area is 71.8 Å². The van der Waals surface area contributed by atoms with Gasteiger partial charge >= 0.3 is 0 Å². The topological polar surface area (TPSA) is 3.24 Å². The molecule has 0 aliphatic heterocycles. The third-order valence-corrected chi connectivity index (χ3v) is 2.29. The van der Waals surface area contributed by atoms with Gasteiger partial charge in [0.1, 0.15) is 0 Å². The second-order valence-corrected chi connectivity index (χ2v) is 3.92. The number of rotatable bonds is 5. The van der Waals surface area contributed by atoms with E-state index >= 15 is 0 Å². The molecule has 0 aromatic rings. The van der Waals surface area contributed by atoms with Crippen molar-refractivity contribution < 1.29 is 0 Å². The molecule has 0 N–H and O–H groups in total. The van der Waals surface area contributed by atoms with Crippen molar-refractivity contribution in [3.8, 4) is 0 Å². The molecule has 0 aromatic heterocycles. The van der Waals surface area contributed by atoms with Crippen LogP contribution in [0.15, 0.2) is 0 Å². The van der Waals surface area contributed by atoms with E-state index < -0.39 is 0 Å². The molecule has 0 rings (SSSR count). The SMILES string of the molecule is CCCCC(C(C)C)N(C)C. The minimum absolute atomic E-state index is 0.773. The van der Waals surface area contributed by atoms with E-state index in [4.69, 9.17) is 0 Å². The zero-order valence-electron chi connectivity index (χ0n) is 8.72. The molecule has 0 spiro atoms. The van der Waals surface area contributed by atoms with E-state index in [0.717, 1.165) is 12.0 Å². The minimum atomic E-state index is 0.773. The maximum absolute atomic E-state index is 2.35. The first-order chi connectivity index (χ1) is 5.09. The molecule has 0 aliphatic rings. The summed E-state index contributed by atoms with van der Waals surface area (Å²) in [5, 5.41) is 0. The molecule has 0 fully saturated rings. The highest BCUT2D eigenvalue weighted by Crippen LogP contribution is 2.14. The van der Waals surface area contributed by atoms with Crippen LogP contribution in [0.25, 0.3) is 0 Å². The molecule has 0 saturated heterocycles. The Bertz CT molecular complexity index is 78.9. The van der Waals surface area contributed by atoms with Gasteiger partial charge < -0.3 is 4.90 Å². The maximum Gasteiger partial charge on any atom is 0.0112 e. The highest BCUT2D eigenvalue weighted by atomic mass is 15.1. The molecule has 11 heavy (non-hydrogen) atoms. The van der Waals surface area contributed by atoms with Crippen LogP contribution in [0.5, 0.6) is 0 Å². The molecular formula is C10H23N. The van der Waals surface area contributed by atoms with Crippen LogP contribution in [0.3, 0.4) is 0 Å². The number of unbranched alkanes of at least 4 members (excludes halogenated alkanes) is 1. The third-order valence-electron chi connectivity index (χ3n) is 2.29. The fourth-order valence-electron chi connectivity index (χ4n) is 1.60. The maximum atomic E-state index is 2.35. The van der Waals surface area contributed by atoms with E-state index in [1.807, 2.05) is 0 Å². The summed E-state index contributed by atoms with van der Waals surface area (Å²) in [5.41, 5.74) is 0. The van der Waals surface area contributed by atoms with Gasteiger partial charge in [-0.05, 0) is 26.4 Å². The first-order valence-electron chi connectivity index (χ1n) is 4.76. The summed E-state index contributed by atoms with van der Waals surface area (Å²) in [6, 6.07) is 0.773. The van der Waals surface area contributed by atoms with Crippen molar-refractivity contribution in [1.29, 1.82) is 0 Å². The second-order valence-electron chi connectivity index (χ2n) is 3.92.